The van der Waals surface area contributed by atoms with Gasteiger partial charge in [-0.3, -0.25) is 4.79 Å². The Morgan fingerprint density at radius 2 is 1.93 bits per heavy atom. The number of fused-ring (bicyclic) bond motifs is 3. The Balaban J connectivity index is 1.35. The predicted octanol–water partition coefficient (Wildman–Crippen LogP) is 6.78. The molecule has 4 aromatic rings. The van der Waals surface area contributed by atoms with Crippen LogP contribution in [0.4, 0.5) is 19.0 Å². The molecule has 1 amide bonds. The number of benzene rings is 3. The van der Waals surface area contributed by atoms with Crippen LogP contribution in [0.3, 0.4) is 0 Å². The Morgan fingerprint density at radius 1 is 1.11 bits per heavy atom. The Kier molecular flexibility index (Phi) is 7.34. The molecule has 7 nitrogen and oxygen atoms in total. The van der Waals surface area contributed by atoms with Crippen LogP contribution in [0, 0.1) is 11.6 Å². The number of ether oxygens (including phenoxy) is 1. The number of hydrogen-bond acceptors (Lipinski definition) is 6. The second-order valence-electron chi connectivity index (χ2n) is 11.6. The maximum absolute atomic E-state index is 16.8. The summed E-state index contributed by atoms with van der Waals surface area (Å²) < 4.78 is 51.1. The normalized spacial score (nSPS) is 21.6. The molecule has 0 N–H and O–H groups in total. The van der Waals surface area contributed by atoms with Crippen LogP contribution in [0.1, 0.15) is 19.3 Å². The van der Waals surface area contributed by atoms with E-state index in [9.17, 15) is 13.6 Å². The van der Waals surface area contributed by atoms with Gasteiger partial charge in [0.25, 0.3) is 5.91 Å². The molecule has 44 heavy (non-hydrogen) atoms. The Hall–Kier alpha value is -3.60. The standard InChI is InChI=1S/C32H28Cl2F3N5O2/c1-16(35)31(43)41-12-10-23-24(41)14-42(23)30-20-13-21(33)26(19-7-3-5-17-8-9-22(36)27(34)25(17)19)28(37)29(20)38-32(39-30)44-15-18-6-4-11-40(18)2/h3,5,7-9,13,18,23-24H,1,4,6,10-12,14-15H2,2H3/t18-,23?,24+/m0/s1. The number of likely N-dealkylation sites (N-methyl/N-ethyl adjacent to an activating group) is 1. The van der Waals surface area contributed by atoms with E-state index >= 15 is 4.39 Å². The lowest BCUT2D eigenvalue weighted by Gasteiger charge is -2.47. The van der Waals surface area contributed by atoms with E-state index in [4.69, 9.17) is 32.9 Å². The molecule has 12 heteroatoms. The van der Waals surface area contributed by atoms with E-state index in [1.807, 2.05) is 11.9 Å². The monoisotopic (exact) mass is 641 g/mol. The fraction of sp³-hybridized carbons (Fsp3) is 0.344. The largest absolute Gasteiger partial charge is 0.462 e. The first-order valence-corrected chi connectivity index (χ1v) is 15.2. The molecule has 0 radical (unpaired) electrons. The second-order valence-corrected chi connectivity index (χ2v) is 12.4. The molecule has 3 saturated heterocycles. The van der Waals surface area contributed by atoms with E-state index in [1.165, 1.54) is 11.0 Å². The highest BCUT2D eigenvalue weighted by atomic mass is 35.5. The van der Waals surface area contributed by atoms with Crippen molar-refractivity contribution in [1.29, 1.82) is 0 Å². The lowest BCUT2D eigenvalue weighted by Crippen LogP contribution is -2.63. The van der Waals surface area contributed by atoms with Crippen molar-refractivity contribution >= 4 is 56.6 Å². The van der Waals surface area contributed by atoms with Gasteiger partial charge in [-0.2, -0.15) is 9.97 Å². The predicted molar refractivity (Wildman–Crippen MR) is 165 cm³/mol. The van der Waals surface area contributed by atoms with Crippen molar-refractivity contribution in [2.24, 2.45) is 0 Å². The quantitative estimate of drug-likeness (QED) is 0.216. The summed E-state index contributed by atoms with van der Waals surface area (Å²) in [4.78, 5) is 27.2. The number of carbonyl (C=O) groups excluding carboxylic acids is 1. The summed E-state index contributed by atoms with van der Waals surface area (Å²) in [5.74, 6) is -2.67. The number of anilines is 1. The highest BCUT2D eigenvalue weighted by molar-refractivity contribution is 6.38. The first-order chi connectivity index (χ1) is 21.1. The lowest BCUT2D eigenvalue weighted by atomic mass is 9.94. The van der Waals surface area contributed by atoms with Crippen molar-refractivity contribution in [3.8, 4) is 17.1 Å². The van der Waals surface area contributed by atoms with Crippen LogP contribution in [0.2, 0.25) is 10.0 Å². The van der Waals surface area contributed by atoms with Gasteiger partial charge in [-0.25, -0.2) is 13.2 Å². The van der Waals surface area contributed by atoms with Gasteiger partial charge < -0.3 is 19.4 Å². The van der Waals surface area contributed by atoms with Crippen molar-refractivity contribution in [2.75, 3.05) is 38.2 Å². The van der Waals surface area contributed by atoms with Crippen molar-refractivity contribution < 1.29 is 22.7 Å². The van der Waals surface area contributed by atoms with Crippen LogP contribution < -0.4 is 9.64 Å². The maximum atomic E-state index is 16.8. The van der Waals surface area contributed by atoms with E-state index < -0.39 is 23.4 Å². The molecule has 3 aliphatic heterocycles. The molecule has 3 aliphatic rings. The molecule has 4 heterocycles. The zero-order valence-corrected chi connectivity index (χ0v) is 25.3. The van der Waals surface area contributed by atoms with E-state index in [0.717, 1.165) is 19.4 Å². The van der Waals surface area contributed by atoms with Gasteiger partial charge in [0.15, 0.2) is 11.6 Å². The molecule has 0 bridgehead atoms. The number of carbonyl (C=O) groups is 1. The van der Waals surface area contributed by atoms with Gasteiger partial charge in [0.1, 0.15) is 23.8 Å². The first kappa shape index (κ1) is 29.1. The van der Waals surface area contributed by atoms with Gasteiger partial charge in [0.05, 0.1) is 22.1 Å². The van der Waals surface area contributed by atoms with Gasteiger partial charge in [-0.05, 0) is 55.9 Å². The number of likely N-dealkylation sites (tertiary alicyclic amines) is 2. The van der Waals surface area contributed by atoms with E-state index in [2.05, 4.69) is 16.5 Å². The summed E-state index contributed by atoms with van der Waals surface area (Å²) in [6.07, 6.45) is 2.59. The third kappa shape index (κ3) is 4.66. The molecule has 0 spiro atoms. The molecule has 7 rings (SSSR count). The highest BCUT2D eigenvalue weighted by Crippen LogP contribution is 2.45. The van der Waals surface area contributed by atoms with Crippen molar-refractivity contribution in [1.82, 2.24) is 19.8 Å². The Labute approximate surface area is 261 Å². The van der Waals surface area contributed by atoms with Crippen LogP contribution in [-0.4, -0.2) is 77.1 Å². The summed E-state index contributed by atoms with van der Waals surface area (Å²) in [5.41, 5.74) is 0.344. The maximum Gasteiger partial charge on any atom is 0.319 e. The number of halogens is 5. The van der Waals surface area contributed by atoms with Crippen LogP contribution in [0.25, 0.3) is 32.8 Å². The minimum atomic E-state index is -1.00. The SMILES string of the molecule is C=C(F)C(=O)N1CCC2[C@H]1CN2c1nc(OC[C@@H]2CCCN2C)nc2c(F)c(-c3cccc4ccc(F)c(Cl)c34)c(Cl)cc12. The summed E-state index contributed by atoms with van der Waals surface area (Å²) in [6.45, 7) is 5.17. The minimum absolute atomic E-state index is 0.00786. The average molecular weight is 643 g/mol. The Morgan fingerprint density at radius 3 is 2.68 bits per heavy atom. The fourth-order valence-corrected chi connectivity index (χ4v) is 7.41. The summed E-state index contributed by atoms with van der Waals surface area (Å²) in [7, 11) is 2.03. The van der Waals surface area contributed by atoms with E-state index in [0.29, 0.717) is 53.7 Å². The number of amides is 1. The summed E-state index contributed by atoms with van der Waals surface area (Å²) in [5, 5.41) is 1.25. The topological polar surface area (TPSA) is 61.8 Å². The fourth-order valence-electron chi connectivity index (χ4n) is 6.84. The molecule has 0 aliphatic carbocycles. The molecule has 1 aromatic heterocycles. The van der Waals surface area contributed by atoms with E-state index in [1.54, 1.807) is 30.3 Å². The van der Waals surface area contributed by atoms with Gasteiger partial charge in [0.2, 0.25) is 0 Å². The Bertz CT molecular complexity index is 1860. The van der Waals surface area contributed by atoms with Crippen molar-refractivity contribution in [3.05, 3.63) is 70.5 Å². The molecule has 3 fully saturated rings. The third-order valence-corrected chi connectivity index (χ3v) is 9.85. The van der Waals surface area contributed by atoms with Crippen molar-refractivity contribution in [2.45, 2.75) is 37.4 Å². The average Bonchev–Trinajstić information content (AvgIpc) is 3.55. The molecule has 228 valence electrons. The van der Waals surface area contributed by atoms with Crippen LogP contribution >= 0.6 is 23.2 Å². The summed E-state index contributed by atoms with van der Waals surface area (Å²) >= 11 is 13.2. The second kappa shape index (κ2) is 11.1. The molecular formula is C32H28Cl2F3N5O2. The van der Waals surface area contributed by atoms with Crippen molar-refractivity contribution in [3.63, 3.8) is 0 Å². The van der Waals surface area contributed by atoms with Gasteiger partial charge in [-0.1, -0.05) is 54.0 Å². The molecular weight excluding hydrogens is 614 g/mol. The molecule has 3 atom stereocenters. The number of nitrogens with zero attached hydrogens (tertiary/aromatic N) is 5. The van der Waals surface area contributed by atoms with Crippen LogP contribution in [-0.2, 0) is 4.79 Å². The van der Waals surface area contributed by atoms with E-state index in [-0.39, 0.29) is 45.3 Å². The van der Waals surface area contributed by atoms with Gasteiger partial charge in [-0.15, -0.1) is 0 Å². The summed E-state index contributed by atoms with van der Waals surface area (Å²) in [6, 6.07) is 9.35. The van der Waals surface area contributed by atoms with Gasteiger partial charge >= 0.3 is 6.01 Å². The zero-order chi connectivity index (χ0) is 30.9. The highest BCUT2D eigenvalue weighted by Gasteiger charge is 2.50. The minimum Gasteiger partial charge on any atom is -0.462 e. The lowest BCUT2D eigenvalue weighted by molar-refractivity contribution is -0.130. The smallest absolute Gasteiger partial charge is 0.319 e. The third-order valence-electron chi connectivity index (χ3n) is 9.18. The zero-order valence-electron chi connectivity index (χ0n) is 23.8. The van der Waals surface area contributed by atoms with Gasteiger partial charge in [0, 0.05) is 35.5 Å². The number of rotatable bonds is 6. The first-order valence-electron chi connectivity index (χ1n) is 14.5. The molecule has 0 saturated carbocycles. The number of aromatic nitrogens is 2. The molecule has 1 unspecified atom stereocenters. The number of hydrogen-bond donors (Lipinski definition) is 0. The van der Waals surface area contributed by atoms with Crippen LogP contribution in [0.15, 0.2) is 48.8 Å². The van der Waals surface area contributed by atoms with Crippen LogP contribution in [0.5, 0.6) is 6.01 Å². The molecule has 3 aromatic carbocycles.